The molecule has 2 N–H and O–H groups in total. The molecule has 0 spiro atoms. The summed E-state index contributed by atoms with van der Waals surface area (Å²) in [6, 6.07) is 6.19. The Kier molecular flexibility index (Phi) is 4.77. The fourth-order valence-corrected chi connectivity index (χ4v) is 2.53. The highest BCUT2D eigenvalue weighted by atomic mass is 79.9. The minimum absolute atomic E-state index is 0.173. The fourth-order valence-electron chi connectivity index (χ4n) is 1.64. The number of rotatable bonds is 4. The third-order valence-corrected chi connectivity index (χ3v) is 3.21. The van der Waals surface area contributed by atoms with Crippen LogP contribution in [0.5, 0.6) is 0 Å². The fraction of sp³-hybridized carbons (Fsp3) is 0.500. The first-order chi connectivity index (χ1) is 7.04. The van der Waals surface area contributed by atoms with Crippen LogP contribution in [0, 0.1) is 6.92 Å². The number of aryl methyl sites for hydroxylation is 1. The molecular weight excluding hydrogens is 256 g/mol. The second-order valence-electron chi connectivity index (χ2n) is 4.00. The molecule has 3 heteroatoms. The summed E-state index contributed by atoms with van der Waals surface area (Å²) < 4.78 is 1.07. The SMILES string of the molecule is Cc1ccc(C(C)CC(O)CO)c(Br)c1. The van der Waals surface area contributed by atoms with Crippen molar-refractivity contribution in [3.63, 3.8) is 0 Å². The average Bonchev–Trinajstić information content (AvgIpc) is 2.17. The zero-order valence-corrected chi connectivity index (χ0v) is 10.7. The molecule has 0 bridgehead atoms. The van der Waals surface area contributed by atoms with Gasteiger partial charge in [0.2, 0.25) is 0 Å². The summed E-state index contributed by atoms with van der Waals surface area (Å²) in [6.45, 7) is 3.92. The lowest BCUT2D eigenvalue weighted by Crippen LogP contribution is -2.15. The molecule has 0 aromatic heterocycles. The van der Waals surface area contributed by atoms with Gasteiger partial charge in [-0.1, -0.05) is 35.0 Å². The zero-order valence-electron chi connectivity index (χ0n) is 9.07. The molecule has 2 atom stereocenters. The first-order valence-corrected chi connectivity index (χ1v) is 5.89. The third kappa shape index (κ3) is 3.59. The van der Waals surface area contributed by atoms with Crippen LogP contribution in [-0.2, 0) is 0 Å². The van der Waals surface area contributed by atoms with Gasteiger partial charge in [-0.2, -0.15) is 0 Å². The molecule has 2 unspecified atom stereocenters. The monoisotopic (exact) mass is 272 g/mol. The van der Waals surface area contributed by atoms with Gasteiger partial charge in [0, 0.05) is 4.47 Å². The number of halogens is 1. The molecule has 0 saturated carbocycles. The van der Waals surface area contributed by atoms with Gasteiger partial charge in [-0.15, -0.1) is 0 Å². The summed E-state index contributed by atoms with van der Waals surface area (Å²) in [6.07, 6.45) is -0.0498. The van der Waals surface area contributed by atoms with Crippen molar-refractivity contribution in [3.8, 4) is 0 Å². The second-order valence-corrected chi connectivity index (χ2v) is 4.85. The Labute approximate surface area is 99.1 Å². The third-order valence-electron chi connectivity index (χ3n) is 2.52. The number of aliphatic hydroxyl groups excluding tert-OH is 2. The highest BCUT2D eigenvalue weighted by Crippen LogP contribution is 2.28. The van der Waals surface area contributed by atoms with E-state index in [1.54, 1.807) is 0 Å². The van der Waals surface area contributed by atoms with Crippen LogP contribution < -0.4 is 0 Å². The second kappa shape index (κ2) is 5.64. The van der Waals surface area contributed by atoms with Gasteiger partial charge >= 0.3 is 0 Å². The molecule has 84 valence electrons. The molecule has 2 nitrogen and oxygen atoms in total. The van der Waals surface area contributed by atoms with E-state index in [0.717, 1.165) is 4.47 Å². The molecule has 0 aliphatic heterocycles. The van der Waals surface area contributed by atoms with Gasteiger partial charge in [-0.05, 0) is 36.5 Å². The van der Waals surface area contributed by atoms with Crippen LogP contribution in [0.15, 0.2) is 22.7 Å². The molecule has 15 heavy (non-hydrogen) atoms. The van der Waals surface area contributed by atoms with Crippen molar-refractivity contribution in [2.45, 2.75) is 32.3 Å². The molecule has 0 aliphatic carbocycles. The van der Waals surface area contributed by atoms with Crippen molar-refractivity contribution in [1.29, 1.82) is 0 Å². The largest absolute Gasteiger partial charge is 0.394 e. The zero-order chi connectivity index (χ0) is 11.4. The molecule has 0 saturated heterocycles. The Morgan fingerprint density at radius 1 is 1.40 bits per heavy atom. The predicted molar refractivity (Wildman–Crippen MR) is 65.0 cm³/mol. The lowest BCUT2D eigenvalue weighted by Gasteiger charge is -2.16. The summed E-state index contributed by atoms with van der Waals surface area (Å²) >= 11 is 3.52. The van der Waals surface area contributed by atoms with Crippen molar-refractivity contribution in [2.24, 2.45) is 0 Å². The minimum atomic E-state index is -0.631. The topological polar surface area (TPSA) is 40.5 Å². The van der Waals surface area contributed by atoms with Gasteiger partial charge in [0.25, 0.3) is 0 Å². The van der Waals surface area contributed by atoms with Crippen LogP contribution >= 0.6 is 15.9 Å². The Bertz CT molecular complexity index is 325. The van der Waals surface area contributed by atoms with E-state index in [-0.39, 0.29) is 12.5 Å². The maximum Gasteiger partial charge on any atom is 0.0776 e. The van der Waals surface area contributed by atoms with Gasteiger partial charge in [0.15, 0.2) is 0 Å². The van der Waals surface area contributed by atoms with Crippen molar-refractivity contribution >= 4 is 15.9 Å². The summed E-state index contributed by atoms with van der Waals surface area (Å²) in [7, 11) is 0. The minimum Gasteiger partial charge on any atom is -0.394 e. The van der Waals surface area contributed by atoms with Gasteiger partial charge in [-0.3, -0.25) is 0 Å². The van der Waals surface area contributed by atoms with Crippen LogP contribution in [0.2, 0.25) is 0 Å². The summed E-state index contributed by atoms with van der Waals surface area (Å²) in [5.74, 6) is 0.238. The molecular formula is C12H17BrO2. The van der Waals surface area contributed by atoms with E-state index >= 15 is 0 Å². The highest BCUT2D eigenvalue weighted by molar-refractivity contribution is 9.10. The van der Waals surface area contributed by atoms with Gasteiger partial charge in [-0.25, -0.2) is 0 Å². The van der Waals surface area contributed by atoms with Gasteiger partial charge < -0.3 is 10.2 Å². The lowest BCUT2D eigenvalue weighted by atomic mass is 9.94. The van der Waals surface area contributed by atoms with Gasteiger partial charge in [0.05, 0.1) is 12.7 Å². The first kappa shape index (κ1) is 12.7. The van der Waals surface area contributed by atoms with E-state index in [4.69, 9.17) is 5.11 Å². The molecule has 0 heterocycles. The maximum atomic E-state index is 9.37. The molecule has 0 fully saturated rings. The molecule has 1 aromatic carbocycles. The van der Waals surface area contributed by atoms with Crippen molar-refractivity contribution < 1.29 is 10.2 Å². The summed E-state index contributed by atoms with van der Waals surface area (Å²) in [5.41, 5.74) is 2.38. The average molecular weight is 273 g/mol. The van der Waals surface area contributed by atoms with E-state index < -0.39 is 6.10 Å². The molecule has 0 amide bonds. The van der Waals surface area contributed by atoms with E-state index in [2.05, 4.69) is 34.1 Å². The van der Waals surface area contributed by atoms with E-state index in [1.807, 2.05) is 13.8 Å². The van der Waals surface area contributed by atoms with Gasteiger partial charge in [0.1, 0.15) is 0 Å². The number of benzene rings is 1. The van der Waals surface area contributed by atoms with E-state index in [1.165, 1.54) is 11.1 Å². The van der Waals surface area contributed by atoms with E-state index in [9.17, 15) is 5.11 Å². The predicted octanol–water partition coefficient (Wildman–Crippen LogP) is 2.60. The Hall–Kier alpha value is -0.380. The van der Waals surface area contributed by atoms with Crippen LogP contribution in [0.1, 0.15) is 30.4 Å². The van der Waals surface area contributed by atoms with Crippen LogP contribution in [0.4, 0.5) is 0 Å². The Morgan fingerprint density at radius 3 is 2.60 bits per heavy atom. The van der Waals surface area contributed by atoms with Crippen molar-refractivity contribution in [3.05, 3.63) is 33.8 Å². The highest BCUT2D eigenvalue weighted by Gasteiger charge is 2.13. The molecule has 1 aromatic rings. The summed E-state index contributed by atoms with van der Waals surface area (Å²) in [4.78, 5) is 0. The number of aliphatic hydroxyl groups is 2. The van der Waals surface area contributed by atoms with Crippen molar-refractivity contribution in [1.82, 2.24) is 0 Å². The summed E-state index contributed by atoms with van der Waals surface area (Å²) in [5, 5.41) is 18.2. The molecule has 0 radical (unpaired) electrons. The molecule has 0 aliphatic rings. The smallest absolute Gasteiger partial charge is 0.0776 e. The molecule has 1 rings (SSSR count). The lowest BCUT2D eigenvalue weighted by molar-refractivity contribution is 0.0835. The number of hydrogen-bond acceptors (Lipinski definition) is 2. The maximum absolute atomic E-state index is 9.37. The quantitative estimate of drug-likeness (QED) is 0.885. The normalized spacial score (nSPS) is 15.0. The van der Waals surface area contributed by atoms with E-state index in [0.29, 0.717) is 6.42 Å². The standard InChI is InChI=1S/C12H17BrO2/c1-8-3-4-11(12(13)5-8)9(2)6-10(15)7-14/h3-5,9-10,14-15H,6-7H2,1-2H3. The Morgan fingerprint density at radius 2 is 2.07 bits per heavy atom. The van der Waals surface area contributed by atoms with Crippen LogP contribution in [0.3, 0.4) is 0 Å². The number of hydrogen-bond donors (Lipinski definition) is 2. The van der Waals surface area contributed by atoms with Crippen LogP contribution in [-0.4, -0.2) is 22.9 Å². The van der Waals surface area contributed by atoms with Crippen molar-refractivity contribution in [2.75, 3.05) is 6.61 Å². The van der Waals surface area contributed by atoms with Crippen LogP contribution in [0.25, 0.3) is 0 Å². The Balaban J connectivity index is 2.77. The first-order valence-electron chi connectivity index (χ1n) is 5.09.